The Labute approximate surface area is 168 Å². The molecular formula is C26H30N2. The summed E-state index contributed by atoms with van der Waals surface area (Å²) in [5, 5.41) is 2.43. The molecule has 0 saturated heterocycles. The van der Waals surface area contributed by atoms with E-state index in [4.69, 9.17) is 0 Å². The fraction of sp³-hybridized carbons (Fsp3) is 0.308. The molecule has 2 nitrogen and oxygen atoms in total. The summed E-state index contributed by atoms with van der Waals surface area (Å²) < 4.78 is 0. The zero-order valence-electron chi connectivity index (χ0n) is 17.8. The zero-order valence-corrected chi connectivity index (χ0v) is 17.8. The second kappa shape index (κ2) is 7.71. The van der Waals surface area contributed by atoms with Gasteiger partial charge in [0.05, 0.1) is 11.0 Å². The van der Waals surface area contributed by atoms with Crippen LogP contribution in [0.1, 0.15) is 52.7 Å². The predicted octanol–water partition coefficient (Wildman–Crippen LogP) is 7.06. The molecule has 0 radical (unpaired) electrons. The molecule has 4 aromatic rings. The van der Waals surface area contributed by atoms with Crippen LogP contribution in [0.25, 0.3) is 21.8 Å². The Kier molecular flexibility index (Phi) is 5.51. The Bertz CT molecular complexity index is 1070. The number of fused-ring (bicyclic) bond motifs is 2. The Morgan fingerprint density at radius 3 is 1.93 bits per heavy atom. The molecule has 28 heavy (non-hydrogen) atoms. The summed E-state index contributed by atoms with van der Waals surface area (Å²) in [5.74, 6) is 0. The van der Waals surface area contributed by atoms with Crippen LogP contribution in [0.2, 0.25) is 0 Å². The molecule has 0 amide bonds. The standard InChI is InChI=1S/2C13H15N/c1-13(2,3)11-8-4-6-10-7-5-9-14-12(10)11;1-13(2,3)11-7-6-10-5-4-8-14-12(10)9-11/h2*4-9H,1-3H3. The van der Waals surface area contributed by atoms with Crippen molar-refractivity contribution >= 4 is 21.8 Å². The molecule has 2 heterocycles. The molecule has 0 aliphatic carbocycles. The van der Waals surface area contributed by atoms with Crippen LogP contribution in [0.4, 0.5) is 0 Å². The van der Waals surface area contributed by atoms with Crippen molar-refractivity contribution in [2.24, 2.45) is 0 Å². The number of nitrogens with zero attached hydrogens (tertiary/aromatic N) is 2. The average molecular weight is 371 g/mol. The van der Waals surface area contributed by atoms with E-state index in [0.717, 1.165) is 11.0 Å². The van der Waals surface area contributed by atoms with Crippen LogP contribution in [-0.4, -0.2) is 9.97 Å². The third kappa shape index (κ3) is 4.56. The van der Waals surface area contributed by atoms with Crippen molar-refractivity contribution in [1.82, 2.24) is 9.97 Å². The van der Waals surface area contributed by atoms with Crippen molar-refractivity contribution in [3.05, 3.63) is 84.2 Å². The van der Waals surface area contributed by atoms with Crippen molar-refractivity contribution in [2.45, 2.75) is 52.4 Å². The van der Waals surface area contributed by atoms with E-state index in [9.17, 15) is 0 Å². The maximum atomic E-state index is 4.45. The fourth-order valence-electron chi connectivity index (χ4n) is 3.24. The molecule has 0 aliphatic rings. The van der Waals surface area contributed by atoms with Crippen molar-refractivity contribution < 1.29 is 0 Å². The predicted molar refractivity (Wildman–Crippen MR) is 121 cm³/mol. The molecule has 0 aliphatic heterocycles. The topological polar surface area (TPSA) is 25.8 Å². The Morgan fingerprint density at radius 2 is 1.25 bits per heavy atom. The maximum absolute atomic E-state index is 4.45. The zero-order chi connectivity index (χ0) is 20.4. The molecule has 2 aromatic heterocycles. The summed E-state index contributed by atoms with van der Waals surface area (Å²) in [5.41, 5.74) is 5.22. The van der Waals surface area contributed by atoms with Gasteiger partial charge in [0.2, 0.25) is 0 Å². The maximum Gasteiger partial charge on any atom is 0.0739 e. The van der Waals surface area contributed by atoms with Gasteiger partial charge < -0.3 is 0 Å². The molecule has 0 unspecified atom stereocenters. The van der Waals surface area contributed by atoms with Crippen LogP contribution in [-0.2, 0) is 10.8 Å². The minimum Gasteiger partial charge on any atom is -0.256 e. The van der Waals surface area contributed by atoms with Crippen LogP contribution in [0, 0.1) is 0 Å². The van der Waals surface area contributed by atoms with E-state index < -0.39 is 0 Å². The first kappa shape index (κ1) is 20.0. The van der Waals surface area contributed by atoms with Crippen LogP contribution in [0.3, 0.4) is 0 Å². The van der Waals surface area contributed by atoms with Gasteiger partial charge in [0, 0.05) is 23.2 Å². The molecule has 0 N–H and O–H groups in total. The highest BCUT2D eigenvalue weighted by Gasteiger charge is 2.16. The summed E-state index contributed by atoms with van der Waals surface area (Å²) in [6.07, 6.45) is 3.70. The lowest BCUT2D eigenvalue weighted by Gasteiger charge is -2.20. The van der Waals surface area contributed by atoms with Gasteiger partial charge >= 0.3 is 0 Å². The number of hydrogen-bond acceptors (Lipinski definition) is 2. The highest BCUT2D eigenvalue weighted by Crippen LogP contribution is 2.28. The summed E-state index contributed by atoms with van der Waals surface area (Å²) in [6, 6.07) is 21.0. The molecule has 0 atom stereocenters. The smallest absolute Gasteiger partial charge is 0.0739 e. The van der Waals surface area contributed by atoms with E-state index in [1.165, 1.54) is 21.9 Å². The van der Waals surface area contributed by atoms with Gasteiger partial charge in [-0.1, -0.05) is 84.0 Å². The lowest BCUT2D eigenvalue weighted by Crippen LogP contribution is -2.11. The Balaban J connectivity index is 0.000000161. The van der Waals surface area contributed by atoms with E-state index >= 15 is 0 Å². The van der Waals surface area contributed by atoms with Gasteiger partial charge in [-0.25, -0.2) is 0 Å². The third-order valence-electron chi connectivity index (χ3n) is 4.91. The highest BCUT2D eigenvalue weighted by atomic mass is 14.7. The first-order chi connectivity index (χ1) is 13.2. The number of hydrogen-bond donors (Lipinski definition) is 0. The normalized spacial score (nSPS) is 11.9. The number of para-hydroxylation sites is 1. The molecule has 2 heteroatoms. The van der Waals surface area contributed by atoms with E-state index in [1.54, 1.807) is 0 Å². The van der Waals surface area contributed by atoms with Gasteiger partial charge in [-0.05, 0) is 40.2 Å². The summed E-state index contributed by atoms with van der Waals surface area (Å²) >= 11 is 0. The summed E-state index contributed by atoms with van der Waals surface area (Å²) in [7, 11) is 0. The van der Waals surface area contributed by atoms with E-state index in [2.05, 4.69) is 100 Å². The average Bonchev–Trinajstić information content (AvgIpc) is 2.66. The van der Waals surface area contributed by atoms with E-state index in [-0.39, 0.29) is 10.8 Å². The number of benzene rings is 2. The van der Waals surface area contributed by atoms with Crippen LogP contribution >= 0.6 is 0 Å². The minimum absolute atomic E-state index is 0.161. The van der Waals surface area contributed by atoms with Gasteiger partial charge in [0.1, 0.15) is 0 Å². The van der Waals surface area contributed by atoms with Gasteiger partial charge in [-0.15, -0.1) is 0 Å². The number of rotatable bonds is 0. The fourth-order valence-corrected chi connectivity index (χ4v) is 3.24. The van der Waals surface area contributed by atoms with Crippen molar-refractivity contribution in [3.8, 4) is 0 Å². The first-order valence-corrected chi connectivity index (χ1v) is 9.86. The van der Waals surface area contributed by atoms with Crippen molar-refractivity contribution in [3.63, 3.8) is 0 Å². The van der Waals surface area contributed by atoms with Crippen LogP contribution in [0.5, 0.6) is 0 Å². The van der Waals surface area contributed by atoms with Crippen molar-refractivity contribution in [1.29, 1.82) is 0 Å². The molecular weight excluding hydrogens is 340 g/mol. The second-order valence-electron chi connectivity index (χ2n) is 9.29. The summed E-state index contributed by atoms with van der Waals surface area (Å²) in [6.45, 7) is 13.3. The highest BCUT2D eigenvalue weighted by molar-refractivity contribution is 5.82. The molecule has 144 valence electrons. The van der Waals surface area contributed by atoms with Gasteiger partial charge in [0.15, 0.2) is 0 Å². The Hall–Kier alpha value is -2.74. The van der Waals surface area contributed by atoms with Crippen molar-refractivity contribution in [2.75, 3.05) is 0 Å². The van der Waals surface area contributed by atoms with Gasteiger partial charge in [0.25, 0.3) is 0 Å². The molecule has 2 aromatic carbocycles. The molecule has 0 bridgehead atoms. The SMILES string of the molecule is CC(C)(C)c1ccc2cccnc2c1.CC(C)(C)c1cccc2cccnc12. The second-order valence-corrected chi connectivity index (χ2v) is 9.29. The third-order valence-corrected chi connectivity index (χ3v) is 4.91. The molecule has 0 spiro atoms. The lowest BCUT2D eigenvalue weighted by atomic mass is 9.85. The largest absolute Gasteiger partial charge is 0.256 e. The quantitative estimate of drug-likeness (QED) is 0.331. The number of pyridine rings is 2. The van der Waals surface area contributed by atoms with Crippen LogP contribution < -0.4 is 0 Å². The lowest BCUT2D eigenvalue weighted by molar-refractivity contribution is 0.591. The number of aromatic nitrogens is 2. The minimum atomic E-state index is 0.161. The van der Waals surface area contributed by atoms with E-state index in [1.807, 2.05) is 24.5 Å². The monoisotopic (exact) mass is 370 g/mol. The van der Waals surface area contributed by atoms with E-state index in [0.29, 0.717) is 0 Å². The van der Waals surface area contributed by atoms with Gasteiger partial charge in [-0.3, -0.25) is 9.97 Å². The first-order valence-electron chi connectivity index (χ1n) is 9.86. The Morgan fingerprint density at radius 1 is 0.607 bits per heavy atom. The van der Waals surface area contributed by atoms with Crippen LogP contribution in [0.15, 0.2) is 73.1 Å². The summed E-state index contributed by atoms with van der Waals surface area (Å²) in [4.78, 5) is 8.80. The molecule has 4 rings (SSSR count). The van der Waals surface area contributed by atoms with Gasteiger partial charge in [-0.2, -0.15) is 0 Å². The molecule has 0 fully saturated rings. The molecule has 0 saturated carbocycles.